The maximum absolute atomic E-state index is 13.3. The fraction of sp³-hybridized carbons (Fsp3) is 0.182. The van der Waals surface area contributed by atoms with Gasteiger partial charge in [-0.3, -0.25) is 9.89 Å². The fourth-order valence-electron chi connectivity index (χ4n) is 4.19. The Bertz CT molecular complexity index is 1620. The standard InChI is InChI=1S/C22H19N7O2S/c1-28-19-15(20-21(28)26-18(32-20)8-13-5-3-7-17(30)25-13)10-24-29(22(19)31)11-12-4-2-6-16-14(12)9-23-27-16/h2-7,9-10,17,25,30H,8,11H2,1H3,(H,23,27). The van der Waals surface area contributed by atoms with Crippen LogP contribution >= 0.6 is 11.3 Å². The molecule has 0 bridgehead atoms. The van der Waals surface area contributed by atoms with Crippen molar-refractivity contribution in [1.82, 2.24) is 34.8 Å². The zero-order chi connectivity index (χ0) is 21.8. The Morgan fingerprint density at radius 2 is 2.16 bits per heavy atom. The van der Waals surface area contributed by atoms with Gasteiger partial charge in [-0.05, 0) is 23.8 Å². The number of aromatic amines is 1. The molecule has 0 fully saturated rings. The summed E-state index contributed by atoms with van der Waals surface area (Å²) in [6, 6.07) is 5.87. The van der Waals surface area contributed by atoms with Gasteiger partial charge < -0.3 is 15.0 Å². The van der Waals surface area contributed by atoms with Crippen molar-refractivity contribution < 1.29 is 5.11 Å². The minimum Gasteiger partial charge on any atom is -0.370 e. The quantitative estimate of drug-likeness (QED) is 0.391. The first-order valence-electron chi connectivity index (χ1n) is 10.2. The highest BCUT2D eigenvalue weighted by Crippen LogP contribution is 2.31. The summed E-state index contributed by atoms with van der Waals surface area (Å²) >= 11 is 1.54. The second-order valence-corrected chi connectivity index (χ2v) is 8.86. The Morgan fingerprint density at radius 1 is 1.25 bits per heavy atom. The molecule has 5 heterocycles. The number of dihydropyridines is 1. The van der Waals surface area contributed by atoms with Crippen LogP contribution in [0.15, 0.2) is 59.3 Å². The molecular weight excluding hydrogens is 426 g/mol. The van der Waals surface area contributed by atoms with Crippen molar-refractivity contribution in [3.05, 3.63) is 75.4 Å². The van der Waals surface area contributed by atoms with Gasteiger partial charge in [0.1, 0.15) is 16.8 Å². The molecular formula is C22H19N7O2S. The molecule has 4 aromatic heterocycles. The number of aryl methyl sites for hydroxylation is 1. The Hall–Kier alpha value is -3.76. The van der Waals surface area contributed by atoms with Crippen molar-refractivity contribution in [2.75, 3.05) is 0 Å². The summed E-state index contributed by atoms with van der Waals surface area (Å²) in [7, 11) is 1.86. The van der Waals surface area contributed by atoms with Gasteiger partial charge in [-0.2, -0.15) is 10.2 Å². The van der Waals surface area contributed by atoms with Crippen LogP contribution in [0.5, 0.6) is 0 Å². The van der Waals surface area contributed by atoms with Crippen molar-refractivity contribution in [2.45, 2.75) is 19.2 Å². The number of H-pyrrole nitrogens is 1. The minimum absolute atomic E-state index is 0.151. The number of aliphatic hydroxyl groups is 1. The minimum atomic E-state index is -0.680. The number of fused-ring (bicyclic) bond motifs is 4. The lowest BCUT2D eigenvalue weighted by Gasteiger charge is -2.16. The van der Waals surface area contributed by atoms with Crippen molar-refractivity contribution in [3.63, 3.8) is 0 Å². The third kappa shape index (κ3) is 2.95. The van der Waals surface area contributed by atoms with Gasteiger partial charge in [-0.25, -0.2) is 9.67 Å². The molecule has 0 saturated carbocycles. The average molecular weight is 446 g/mol. The Kier molecular flexibility index (Phi) is 4.23. The Balaban J connectivity index is 1.40. The van der Waals surface area contributed by atoms with Crippen molar-refractivity contribution in [1.29, 1.82) is 0 Å². The number of hydrogen-bond donors (Lipinski definition) is 3. The lowest BCUT2D eigenvalue weighted by molar-refractivity contribution is 0.195. The van der Waals surface area contributed by atoms with Gasteiger partial charge in [0, 0.05) is 29.9 Å². The Labute approximate surface area is 185 Å². The summed E-state index contributed by atoms with van der Waals surface area (Å²) in [5.74, 6) is 0. The molecule has 9 nitrogen and oxygen atoms in total. The Morgan fingerprint density at radius 3 is 3.03 bits per heavy atom. The summed E-state index contributed by atoms with van der Waals surface area (Å²) in [4.78, 5) is 18.1. The number of benzene rings is 1. The molecule has 0 radical (unpaired) electrons. The zero-order valence-electron chi connectivity index (χ0n) is 17.1. The number of hydrogen-bond acceptors (Lipinski definition) is 7. The third-order valence-corrected chi connectivity index (χ3v) is 6.81. The van der Waals surface area contributed by atoms with Crippen molar-refractivity contribution >= 4 is 43.5 Å². The van der Waals surface area contributed by atoms with E-state index in [0.717, 1.165) is 42.9 Å². The normalized spacial score (nSPS) is 16.2. The third-order valence-electron chi connectivity index (χ3n) is 5.73. The molecule has 5 aromatic rings. The van der Waals surface area contributed by atoms with Crippen LogP contribution in [-0.2, 0) is 20.0 Å². The largest absolute Gasteiger partial charge is 0.370 e. The number of nitrogens with zero attached hydrogens (tertiary/aromatic N) is 5. The predicted octanol–water partition coefficient (Wildman–Crippen LogP) is 2.17. The van der Waals surface area contributed by atoms with E-state index in [9.17, 15) is 9.90 Å². The van der Waals surface area contributed by atoms with Crippen LogP contribution in [0, 0.1) is 0 Å². The van der Waals surface area contributed by atoms with Gasteiger partial charge in [-0.15, -0.1) is 11.3 Å². The highest BCUT2D eigenvalue weighted by molar-refractivity contribution is 7.19. The number of aliphatic hydroxyl groups excluding tert-OH is 1. The van der Waals surface area contributed by atoms with Crippen LogP contribution in [0.2, 0.25) is 0 Å². The molecule has 160 valence electrons. The molecule has 3 N–H and O–H groups in total. The smallest absolute Gasteiger partial charge is 0.291 e. The van der Waals surface area contributed by atoms with Crippen LogP contribution < -0.4 is 10.9 Å². The van der Waals surface area contributed by atoms with E-state index in [2.05, 4.69) is 20.6 Å². The van der Waals surface area contributed by atoms with Crippen LogP contribution in [0.25, 0.3) is 32.2 Å². The van der Waals surface area contributed by atoms with E-state index in [1.54, 1.807) is 29.8 Å². The average Bonchev–Trinajstić information content (AvgIpc) is 3.47. The summed E-state index contributed by atoms with van der Waals surface area (Å²) in [5.41, 5.74) is 4.01. The van der Waals surface area contributed by atoms with E-state index >= 15 is 0 Å². The van der Waals surface area contributed by atoms with E-state index in [1.165, 1.54) is 4.68 Å². The first-order valence-corrected chi connectivity index (χ1v) is 11.0. The lowest BCUT2D eigenvalue weighted by atomic mass is 10.1. The summed E-state index contributed by atoms with van der Waals surface area (Å²) in [5, 5.41) is 27.0. The van der Waals surface area contributed by atoms with E-state index in [-0.39, 0.29) is 5.56 Å². The van der Waals surface area contributed by atoms with Crippen molar-refractivity contribution in [3.8, 4) is 0 Å². The number of thiazole rings is 1. The number of allylic oxidation sites excluding steroid dienone is 3. The van der Waals surface area contributed by atoms with Gasteiger partial charge in [0.15, 0.2) is 5.65 Å². The second kappa shape index (κ2) is 7.14. The van der Waals surface area contributed by atoms with Gasteiger partial charge in [0.2, 0.25) is 0 Å². The second-order valence-electron chi connectivity index (χ2n) is 7.78. The van der Waals surface area contributed by atoms with Gasteiger partial charge in [-0.1, -0.05) is 18.2 Å². The van der Waals surface area contributed by atoms with Crippen molar-refractivity contribution in [2.24, 2.45) is 7.05 Å². The van der Waals surface area contributed by atoms with Gasteiger partial charge in [0.25, 0.3) is 5.56 Å². The monoisotopic (exact) mass is 445 g/mol. The van der Waals surface area contributed by atoms with Crippen LogP contribution in [0.4, 0.5) is 0 Å². The topological polar surface area (TPSA) is 114 Å². The van der Waals surface area contributed by atoms with E-state index in [4.69, 9.17) is 4.98 Å². The van der Waals surface area contributed by atoms with E-state index in [0.29, 0.717) is 18.5 Å². The lowest BCUT2D eigenvalue weighted by Crippen LogP contribution is -2.28. The molecule has 1 atom stereocenters. The number of nitrogens with one attached hydrogen (secondary N) is 2. The number of aromatic nitrogens is 6. The predicted molar refractivity (Wildman–Crippen MR) is 123 cm³/mol. The maximum atomic E-state index is 13.3. The molecule has 1 aliphatic rings. The highest BCUT2D eigenvalue weighted by Gasteiger charge is 2.19. The van der Waals surface area contributed by atoms with Crippen LogP contribution in [0.1, 0.15) is 10.6 Å². The van der Waals surface area contributed by atoms with Crippen LogP contribution in [0.3, 0.4) is 0 Å². The SMILES string of the molecule is Cn1c2nc(CC3=CC=CC(O)N3)sc2c2cnn(Cc3cccc4[nH]ncc34)c(=O)c21. The maximum Gasteiger partial charge on any atom is 0.291 e. The molecule has 0 amide bonds. The van der Waals surface area contributed by atoms with E-state index < -0.39 is 6.23 Å². The first-order chi connectivity index (χ1) is 15.6. The molecule has 0 saturated heterocycles. The summed E-state index contributed by atoms with van der Waals surface area (Å²) < 4.78 is 4.28. The molecule has 1 aliphatic heterocycles. The first kappa shape index (κ1) is 19.0. The van der Waals surface area contributed by atoms with E-state index in [1.807, 2.05) is 42.0 Å². The molecule has 32 heavy (non-hydrogen) atoms. The highest BCUT2D eigenvalue weighted by atomic mass is 32.1. The van der Waals surface area contributed by atoms with Crippen LogP contribution in [-0.4, -0.2) is 40.9 Å². The fourth-order valence-corrected chi connectivity index (χ4v) is 5.31. The molecule has 6 rings (SSSR count). The van der Waals surface area contributed by atoms with Gasteiger partial charge in [0.05, 0.1) is 29.2 Å². The number of rotatable bonds is 4. The van der Waals surface area contributed by atoms with Gasteiger partial charge >= 0.3 is 0 Å². The summed E-state index contributed by atoms with van der Waals surface area (Å²) in [6.07, 6.45) is 8.86. The molecule has 10 heteroatoms. The zero-order valence-corrected chi connectivity index (χ0v) is 17.9. The molecule has 1 unspecified atom stereocenters. The molecule has 0 spiro atoms. The summed E-state index contributed by atoms with van der Waals surface area (Å²) in [6.45, 7) is 0.360. The molecule has 1 aromatic carbocycles. The molecule has 0 aliphatic carbocycles.